The summed E-state index contributed by atoms with van der Waals surface area (Å²) in [6.45, 7) is 7.05. The summed E-state index contributed by atoms with van der Waals surface area (Å²) in [4.78, 5) is 13.0. The molecule has 2 aliphatic rings. The monoisotopic (exact) mass is 514 g/mol. The molecule has 1 aliphatic heterocycles. The summed E-state index contributed by atoms with van der Waals surface area (Å²) in [6.07, 6.45) is 0.998. The van der Waals surface area contributed by atoms with Crippen LogP contribution in [-0.2, 0) is 16.0 Å². The second-order valence-corrected chi connectivity index (χ2v) is 9.38. The third-order valence-corrected chi connectivity index (χ3v) is 7.33. The molecule has 0 fully saturated rings. The van der Waals surface area contributed by atoms with Gasteiger partial charge in [-0.2, -0.15) is 0 Å². The van der Waals surface area contributed by atoms with Crippen molar-refractivity contribution in [1.29, 1.82) is 0 Å². The lowest BCUT2D eigenvalue weighted by atomic mass is 9.73. The summed E-state index contributed by atoms with van der Waals surface area (Å²) in [5, 5.41) is 12.0. The molecule has 1 heterocycles. The summed E-state index contributed by atoms with van der Waals surface area (Å²) < 4.78 is 40.6. The summed E-state index contributed by atoms with van der Waals surface area (Å²) in [6, 6.07) is 3.60. The fraction of sp³-hybridized carbons (Fsp3) is 0.464. The van der Waals surface area contributed by atoms with Gasteiger partial charge in [-0.25, -0.2) is 4.79 Å². The Kier molecular flexibility index (Phi) is 7.19. The van der Waals surface area contributed by atoms with E-state index in [0.717, 1.165) is 5.56 Å². The summed E-state index contributed by atoms with van der Waals surface area (Å²) in [5.74, 6) is 1.60. The first-order chi connectivity index (χ1) is 17.6. The number of ether oxygens (including phenoxy) is 7. The maximum Gasteiger partial charge on any atom is 0.334 e. The highest BCUT2D eigenvalue weighted by Crippen LogP contribution is 2.59. The van der Waals surface area contributed by atoms with Gasteiger partial charge >= 0.3 is 5.97 Å². The number of methoxy groups -OCH3 is 4. The zero-order chi connectivity index (χ0) is 27.1. The van der Waals surface area contributed by atoms with Crippen LogP contribution in [0.1, 0.15) is 44.9 Å². The number of aliphatic hydroxyl groups is 1. The molecular weight excluding hydrogens is 480 g/mol. The van der Waals surface area contributed by atoms with Gasteiger partial charge in [-0.3, -0.25) is 0 Å². The molecule has 0 amide bonds. The Bertz CT molecular complexity index is 1250. The molecule has 1 N–H and O–H groups in total. The van der Waals surface area contributed by atoms with E-state index in [0.29, 0.717) is 63.2 Å². The van der Waals surface area contributed by atoms with E-state index in [4.69, 9.17) is 33.2 Å². The molecule has 200 valence electrons. The fourth-order valence-electron chi connectivity index (χ4n) is 4.94. The van der Waals surface area contributed by atoms with Crippen LogP contribution in [0.4, 0.5) is 0 Å². The molecule has 9 heteroatoms. The van der Waals surface area contributed by atoms with Crippen LogP contribution in [0.3, 0.4) is 0 Å². The molecule has 3 atom stereocenters. The van der Waals surface area contributed by atoms with Crippen LogP contribution in [0.15, 0.2) is 23.8 Å². The third kappa shape index (κ3) is 4.21. The molecular formula is C28H34O9. The number of benzene rings is 2. The standard InChI is InChI=1S/C28H34O9/c1-9-14(2)27(29)37-26-17-12-18(31-5)22(32-6)25(34-8)21(17)20-16(10-15(3)28(26,4)30)11-19-23(24(20)33-7)36-13-35-19/h9,11-12,15,26,30H,10,13H2,1-8H3/t15-,26-,28+/m0/s1. The first kappa shape index (κ1) is 26.5. The maximum atomic E-state index is 13.0. The molecule has 0 aromatic heterocycles. The van der Waals surface area contributed by atoms with Gasteiger partial charge in [0.15, 0.2) is 29.1 Å². The van der Waals surface area contributed by atoms with Gasteiger partial charge in [0.2, 0.25) is 18.3 Å². The van der Waals surface area contributed by atoms with Gasteiger partial charge in [0.25, 0.3) is 0 Å². The van der Waals surface area contributed by atoms with E-state index >= 15 is 0 Å². The summed E-state index contributed by atoms with van der Waals surface area (Å²) in [7, 11) is 6.08. The molecule has 0 saturated carbocycles. The molecule has 0 unspecified atom stereocenters. The highest BCUT2D eigenvalue weighted by atomic mass is 16.7. The summed E-state index contributed by atoms with van der Waals surface area (Å²) >= 11 is 0. The van der Waals surface area contributed by atoms with Crippen molar-refractivity contribution in [2.24, 2.45) is 5.92 Å². The topological polar surface area (TPSA) is 102 Å². The van der Waals surface area contributed by atoms with Gasteiger partial charge in [-0.1, -0.05) is 13.0 Å². The Hall–Kier alpha value is -3.59. The van der Waals surface area contributed by atoms with Crippen molar-refractivity contribution in [1.82, 2.24) is 0 Å². The molecule has 0 saturated heterocycles. The normalized spacial score (nSPS) is 22.2. The minimum Gasteiger partial charge on any atom is -0.493 e. The number of rotatable bonds is 6. The molecule has 2 aromatic rings. The zero-order valence-electron chi connectivity index (χ0n) is 22.5. The van der Waals surface area contributed by atoms with E-state index in [1.807, 2.05) is 13.0 Å². The lowest BCUT2D eigenvalue weighted by molar-refractivity contribution is -0.166. The number of fused-ring (bicyclic) bond motifs is 4. The van der Waals surface area contributed by atoms with Gasteiger partial charge in [-0.05, 0) is 50.8 Å². The average molecular weight is 515 g/mol. The second kappa shape index (κ2) is 10.0. The van der Waals surface area contributed by atoms with E-state index in [2.05, 4.69) is 0 Å². The SMILES string of the molecule is CC=C(C)C(=O)O[C@H]1c2cc(OC)c(OC)c(OC)c2-c2c(cc3c(c2OC)OCO3)C[C@H](C)[C@@]1(C)O. The molecule has 9 nitrogen and oxygen atoms in total. The molecule has 4 rings (SSSR count). The molecule has 2 aromatic carbocycles. The maximum absolute atomic E-state index is 13.0. The van der Waals surface area contributed by atoms with Crippen molar-refractivity contribution in [3.63, 3.8) is 0 Å². The fourth-order valence-corrected chi connectivity index (χ4v) is 4.94. The van der Waals surface area contributed by atoms with Crippen LogP contribution >= 0.6 is 0 Å². The van der Waals surface area contributed by atoms with E-state index < -0.39 is 17.7 Å². The Labute approximate surface area is 216 Å². The molecule has 37 heavy (non-hydrogen) atoms. The molecule has 1 aliphatic carbocycles. The molecule has 0 bridgehead atoms. The van der Waals surface area contributed by atoms with E-state index in [1.54, 1.807) is 40.0 Å². The minimum absolute atomic E-state index is 0.0562. The number of allylic oxidation sites excluding steroid dienone is 1. The Morgan fingerprint density at radius 3 is 2.30 bits per heavy atom. The van der Waals surface area contributed by atoms with Crippen molar-refractivity contribution in [3.8, 4) is 45.6 Å². The van der Waals surface area contributed by atoms with Crippen LogP contribution in [0.5, 0.6) is 34.5 Å². The van der Waals surface area contributed by atoms with E-state index in [1.165, 1.54) is 21.3 Å². The highest BCUT2D eigenvalue weighted by molar-refractivity contribution is 5.90. The summed E-state index contributed by atoms with van der Waals surface area (Å²) in [5.41, 5.74) is 1.46. The number of carbonyl (C=O) groups is 1. The van der Waals surface area contributed by atoms with Crippen molar-refractivity contribution >= 4 is 5.97 Å². The predicted molar refractivity (Wildman–Crippen MR) is 136 cm³/mol. The first-order valence-electron chi connectivity index (χ1n) is 12.0. The second-order valence-electron chi connectivity index (χ2n) is 9.38. The quantitative estimate of drug-likeness (QED) is 0.437. The number of carbonyl (C=O) groups excluding carboxylic acids is 1. The lowest BCUT2D eigenvalue weighted by Gasteiger charge is -2.41. The smallest absolute Gasteiger partial charge is 0.334 e. The van der Waals surface area contributed by atoms with Gasteiger partial charge in [-0.15, -0.1) is 0 Å². The van der Waals surface area contributed by atoms with Crippen molar-refractivity contribution in [2.75, 3.05) is 35.2 Å². The predicted octanol–water partition coefficient (Wildman–Crippen LogP) is 4.61. The molecule has 0 spiro atoms. The van der Waals surface area contributed by atoms with E-state index in [-0.39, 0.29) is 12.7 Å². The lowest BCUT2D eigenvalue weighted by Crippen LogP contribution is -2.44. The number of hydrogen-bond acceptors (Lipinski definition) is 9. The largest absolute Gasteiger partial charge is 0.493 e. The third-order valence-electron chi connectivity index (χ3n) is 7.33. The zero-order valence-corrected chi connectivity index (χ0v) is 22.5. The Balaban J connectivity index is 2.17. The van der Waals surface area contributed by atoms with E-state index in [9.17, 15) is 9.90 Å². The van der Waals surface area contributed by atoms with Crippen LogP contribution in [0, 0.1) is 5.92 Å². The van der Waals surface area contributed by atoms with Crippen molar-refractivity contribution in [3.05, 3.63) is 34.9 Å². The van der Waals surface area contributed by atoms with Gasteiger partial charge in [0, 0.05) is 22.3 Å². The van der Waals surface area contributed by atoms with Crippen LogP contribution < -0.4 is 28.4 Å². The Morgan fingerprint density at radius 2 is 1.70 bits per heavy atom. The minimum atomic E-state index is -1.48. The first-order valence-corrected chi connectivity index (χ1v) is 12.0. The Morgan fingerprint density at radius 1 is 1.03 bits per heavy atom. The number of esters is 1. The van der Waals surface area contributed by atoms with Gasteiger partial charge < -0.3 is 38.3 Å². The number of hydrogen-bond donors (Lipinski definition) is 1. The highest BCUT2D eigenvalue weighted by Gasteiger charge is 2.47. The van der Waals surface area contributed by atoms with Crippen LogP contribution in [0.25, 0.3) is 11.1 Å². The van der Waals surface area contributed by atoms with Crippen LogP contribution in [-0.4, -0.2) is 51.9 Å². The van der Waals surface area contributed by atoms with Gasteiger partial charge in [0.05, 0.1) is 28.4 Å². The average Bonchev–Trinajstić information content (AvgIpc) is 3.36. The van der Waals surface area contributed by atoms with Crippen molar-refractivity contribution < 1.29 is 43.1 Å². The van der Waals surface area contributed by atoms with Crippen molar-refractivity contribution in [2.45, 2.75) is 45.8 Å². The van der Waals surface area contributed by atoms with Crippen LogP contribution in [0.2, 0.25) is 0 Å². The van der Waals surface area contributed by atoms with Gasteiger partial charge in [0.1, 0.15) is 5.60 Å². The molecule has 0 radical (unpaired) electrons.